The summed E-state index contributed by atoms with van der Waals surface area (Å²) in [5.74, 6) is 0. The molecule has 4 radical (unpaired) electrons. The molecular formula is K2N4O8Pt+2. The smallest absolute Gasteiger partial charge is 0.102 e. The molecule has 0 amide bonds. The zero-order valence-electron chi connectivity index (χ0n) is 7.37. The van der Waals surface area contributed by atoms with E-state index in [1.165, 1.54) is 0 Å². The van der Waals surface area contributed by atoms with Gasteiger partial charge in [0.05, 0.1) is 0 Å². The van der Waals surface area contributed by atoms with Crippen molar-refractivity contribution >= 4 is 0 Å². The molecule has 0 bridgehead atoms. The molecule has 0 aliphatic heterocycles. The minimum absolute atomic E-state index is 0. The van der Waals surface area contributed by atoms with Crippen LogP contribution in [0.1, 0.15) is 0 Å². The third-order valence-corrected chi connectivity index (χ3v) is 0. The van der Waals surface area contributed by atoms with Crippen LogP contribution in [0.25, 0.3) is 0 Å². The summed E-state index contributed by atoms with van der Waals surface area (Å²) >= 11 is 0. The minimum atomic E-state index is 0. The van der Waals surface area contributed by atoms with E-state index in [9.17, 15) is 0 Å². The summed E-state index contributed by atoms with van der Waals surface area (Å²) in [5.41, 5.74) is 0. The molecule has 0 saturated carbocycles. The molecule has 0 aliphatic carbocycles. The third kappa shape index (κ3) is 1170. The summed E-state index contributed by atoms with van der Waals surface area (Å²) in [4.78, 5) is 32.0. The van der Waals surface area contributed by atoms with Crippen LogP contribution < -0.4 is 103 Å². The maximum Gasteiger partial charge on any atom is 1.00 e. The van der Waals surface area contributed by atoms with Crippen molar-refractivity contribution in [3.8, 4) is 0 Å². The van der Waals surface area contributed by atoms with E-state index in [2.05, 4.69) is 0 Å². The van der Waals surface area contributed by atoms with Crippen molar-refractivity contribution in [2.24, 2.45) is 21.4 Å². The molecule has 0 fully saturated rings. The topological polar surface area (TPSA) is 197 Å². The first kappa shape index (κ1) is 43.9. The number of hydrogen-bond acceptors (Lipinski definition) is 8. The average Bonchev–Trinajstić information content (AvgIpc) is 1.92. The van der Waals surface area contributed by atoms with Crippen LogP contribution in [0.15, 0.2) is 21.4 Å². The van der Waals surface area contributed by atoms with Crippen LogP contribution in [-0.2, 0) is 41.9 Å². The van der Waals surface area contributed by atoms with Gasteiger partial charge in [0.2, 0.25) is 21.4 Å². The molecule has 15 heteroatoms. The van der Waals surface area contributed by atoms with Gasteiger partial charge in [-0.2, -0.15) is 0 Å². The minimum Gasteiger partial charge on any atom is -0.102 e. The third-order valence-electron chi connectivity index (χ3n) is 0. The quantitative estimate of drug-likeness (QED) is 0.199. The van der Waals surface area contributed by atoms with E-state index in [0.29, 0.717) is 0 Å². The Morgan fingerprint density at radius 2 is 0.467 bits per heavy atom. The van der Waals surface area contributed by atoms with Crippen molar-refractivity contribution in [3.05, 3.63) is 19.6 Å². The summed E-state index contributed by atoms with van der Waals surface area (Å²) in [6.07, 6.45) is 0. The molecule has 0 rings (SSSR count). The van der Waals surface area contributed by atoms with Crippen molar-refractivity contribution in [1.29, 1.82) is 0 Å². The van der Waals surface area contributed by atoms with Crippen LogP contribution in [0.4, 0.5) is 0 Å². The van der Waals surface area contributed by atoms with Crippen molar-refractivity contribution in [2.75, 3.05) is 0 Å². The first-order valence-electron chi connectivity index (χ1n) is 1.46. The average molecular weight is 457 g/mol. The van der Waals surface area contributed by atoms with Crippen LogP contribution in [0.5, 0.6) is 0 Å². The van der Waals surface area contributed by atoms with E-state index < -0.39 is 0 Å². The molecular weight excluding hydrogens is 457 g/mol. The Morgan fingerprint density at radius 1 is 0.467 bits per heavy atom. The van der Waals surface area contributed by atoms with Crippen molar-refractivity contribution in [1.82, 2.24) is 0 Å². The maximum atomic E-state index is 8.00. The molecule has 0 unspecified atom stereocenters. The molecule has 0 spiro atoms. The van der Waals surface area contributed by atoms with E-state index in [1.807, 2.05) is 0 Å². The predicted octanol–water partition coefficient (Wildman–Crippen LogP) is -5.60. The maximum absolute atomic E-state index is 8.00. The van der Waals surface area contributed by atoms with Crippen LogP contribution in [0, 0.1) is 19.6 Å². The summed E-state index contributed by atoms with van der Waals surface area (Å²) in [6.45, 7) is 0. The van der Waals surface area contributed by atoms with Gasteiger partial charge < -0.3 is 0 Å². The molecule has 0 aromatic rings. The second-order valence-corrected chi connectivity index (χ2v) is 0.298. The van der Waals surface area contributed by atoms with E-state index in [-0.39, 0.29) is 124 Å². The van der Waals surface area contributed by atoms with Crippen molar-refractivity contribution in [2.45, 2.75) is 0 Å². The van der Waals surface area contributed by atoms with E-state index in [0.717, 1.165) is 21.4 Å². The molecule has 0 aromatic heterocycles. The van der Waals surface area contributed by atoms with Gasteiger partial charge in [-0.25, -0.2) is 0 Å². The molecule has 0 heterocycles. The SMILES string of the molecule is [K+].[K+].[O]N=O.[O]N=O.[O]N=O.[O]N=O.[Pt]. The molecule has 0 saturated heterocycles. The Kier molecular flexibility index (Phi) is 312. The van der Waals surface area contributed by atoms with Crippen LogP contribution in [0.2, 0.25) is 0 Å². The number of nitrogens with zero attached hydrogens (tertiary/aromatic N) is 4. The monoisotopic (exact) mass is 457 g/mol. The fraction of sp³-hybridized carbons (Fsp3) is 0. The second-order valence-electron chi connectivity index (χ2n) is 0.298. The van der Waals surface area contributed by atoms with Gasteiger partial charge in [-0.3, -0.25) is 0 Å². The zero-order valence-corrected chi connectivity index (χ0v) is 15.9. The van der Waals surface area contributed by atoms with Gasteiger partial charge in [-0.1, -0.05) is 0 Å². The Balaban J connectivity index is -0.0000000107. The molecule has 0 aliphatic rings. The van der Waals surface area contributed by atoms with E-state index in [4.69, 9.17) is 40.5 Å². The van der Waals surface area contributed by atoms with Gasteiger partial charge in [0, 0.05) is 21.1 Å². The molecule has 0 aromatic carbocycles. The van der Waals surface area contributed by atoms with Gasteiger partial charge in [0.15, 0.2) is 0 Å². The number of hydrogen-bond donors (Lipinski definition) is 0. The van der Waals surface area contributed by atoms with Gasteiger partial charge >= 0.3 is 103 Å². The van der Waals surface area contributed by atoms with Gasteiger partial charge in [0.1, 0.15) is 0 Å². The van der Waals surface area contributed by atoms with Crippen LogP contribution in [-0.4, -0.2) is 0 Å². The zero-order chi connectivity index (χ0) is 10.8. The second kappa shape index (κ2) is 107. The first-order valence-corrected chi connectivity index (χ1v) is 1.46. The Bertz CT molecular complexity index is 78.6. The number of rotatable bonds is 0. The standard InChI is InChI=1S/2K.4NO2.Pt/c;;4*2-1-3;/q2*+1;;;;;. The molecule has 15 heavy (non-hydrogen) atoms. The fourth-order valence-corrected chi connectivity index (χ4v) is 0. The van der Waals surface area contributed by atoms with Gasteiger partial charge in [-0.05, 0) is 0 Å². The van der Waals surface area contributed by atoms with Crippen LogP contribution >= 0.6 is 0 Å². The first-order chi connectivity index (χ1) is 5.66. The Morgan fingerprint density at radius 3 is 0.467 bits per heavy atom. The van der Waals surface area contributed by atoms with Gasteiger partial charge in [0.25, 0.3) is 0 Å². The summed E-state index contributed by atoms with van der Waals surface area (Å²) in [6, 6.07) is 0. The van der Waals surface area contributed by atoms with Gasteiger partial charge in [-0.15, -0.1) is 40.5 Å². The largest absolute Gasteiger partial charge is 1.00 e. The molecule has 0 atom stereocenters. The molecule has 0 N–H and O–H groups in total. The molecule has 78 valence electrons. The summed E-state index contributed by atoms with van der Waals surface area (Å²) in [5, 5.41) is 36.0. The Hall–Kier alpha value is 1.56. The summed E-state index contributed by atoms with van der Waals surface area (Å²) in [7, 11) is 0. The van der Waals surface area contributed by atoms with Crippen molar-refractivity contribution < 1.29 is 145 Å². The summed E-state index contributed by atoms with van der Waals surface area (Å²) < 4.78 is 0. The Labute approximate surface area is 181 Å². The van der Waals surface area contributed by atoms with Crippen LogP contribution in [0.3, 0.4) is 0 Å². The molecule has 12 nitrogen and oxygen atoms in total. The van der Waals surface area contributed by atoms with Crippen molar-refractivity contribution in [3.63, 3.8) is 0 Å². The van der Waals surface area contributed by atoms with E-state index >= 15 is 0 Å². The van der Waals surface area contributed by atoms with E-state index in [1.54, 1.807) is 0 Å². The normalized spacial score (nSPS) is 3.20. The fourth-order valence-electron chi connectivity index (χ4n) is 0. The predicted molar refractivity (Wildman–Crippen MR) is 25.9 cm³/mol.